The van der Waals surface area contributed by atoms with Gasteiger partial charge in [-0.2, -0.15) is 10.1 Å². The maximum Gasteiger partial charge on any atom is 0.274 e. The van der Waals surface area contributed by atoms with Crippen LogP contribution in [-0.2, 0) is 13.6 Å². The molecule has 0 unspecified atom stereocenters. The fraction of sp³-hybridized carbons (Fsp3) is 0.379. The number of likely N-dealkylation sites (N-methyl/N-ethyl adjacent to an activating group) is 1. The molecule has 11 nitrogen and oxygen atoms in total. The predicted octanol–water partition coefficient (Wildman–Crippen LogP) is 4.09. The summed E-state index contributed by atoms with van der Waals surface area (Å²) in [5.74, 6) is 1.96. The van der Waals surface area contributed by atoms with Crippen molar-refractivity contribution in [1.29, 1.82) is 0 Å². The monoisotopic (exact) mass is 573 g/mol. The van der Waals surface area contributed by atoms with Crippen molar-refractivity contribution in [3.8, 4) is 11.5 Å². The molecule has 2 fully saturated rings. The van der Waals surface area contributed by atoms with Crippen LogP contribution in [0.3, 0.4) is 0 Å². The van der Waals surface area contributed by atoms with Gasteiger partial charge >= 0.3 is 0 Å². The zero-order chi connectivity index (χ0) is 28.1. The second-order valence-corrected chi connectivity index (χ2v) is 11.4. The van der Waals surface area contributed by atoms with E-state index in [4.69, 9.17) is 16.3 Å². The summed E-state index contributed by atoms with van der Waals surface area (Å²) in [6.45, 7) is 5.66. The molecule has 1 aliphatic carbocycles. The largest absolute Gasteiger partial charge is 0.450 e. The van der Waals surface area contributed by atoms with Gasteiger partial charge in [0.2, 0.25) is 5.95 Å². The van der Waals surface area contributed by atoms with E-state index in [9.17, 15) is 4.79 Å². The van der Waals surface area contributed by atoms with E-state index in [2.05, 4.69) is 37.2 Å². The van der Waals surface area contributed by atoms with E-state index >= 15 is 0 Å². The van der Waals surface area contributed by atoms with E-state index in [1.807, 2.05) is 52.8 Å². The summed E-state index contributed by atoms with van der Waals surface area (Å²) >= 11 is 6.83. The maximum atomic E-state index is 13.6. The lowest BCUT2D eigenvalue weighted by molar-refractivity contribution is 0.149. The van der Waals surface area contributed by atoms with Gasteiger partial charge in [-0.25, -0.2) is 9.50 Å². The summed E-state index contributed by atoms with van der Waals surface area (Å²) < 4.78 is 11.5. The van der Waals surface area contributed by atoms with Crippen LogP contribution < -0.4 is 15.6 Å². The van der Waals surface area contributed by atoms with E-state index in [1.54, 1.807) is 16.9 Å². The van der Waals surface area contributed by atoms with E-state index in [1.165, 1.54) is 5.56 Å². The molecule has 41 heavy (non-hydrogen) atoms. The molecule has 5 aromatic rings. The number of nitrogens with one attached hydrogen (secondary N) is 1. The molecule has 1 aliphatic heterocycles. The number of nitrogens with zero attached hydrogens (tertiary/aromatic N) is 8. The maximum absolute atomic E-state index is 13.6. The third-order valence-corrected chi connectivity index (χ3v) is 8.44. The van der Waals surface area contributed by atoms with Crippen molar-refractivity contribution in [3.63, 3.8) is 0 Å². The third-order valence-electron chi connectivity index (χ3n) is 8.07. The fourth-order valence-electron chi connectivity index (χ4n) is 5.40. The van der Waals surface area contributed by atoms with Crippen molar-refractivity contribution >= 4 is 39.9 Å². The fourth-order valence-corrected chi connectivity index (χ4v) is 5.70. The Morgan fingerprint density at radius 1 is 1.07 bits per heavy atom. The van der Waals surface area contributed by atoms with Gasteiger partial charge in [-0.3, -0.25) is 9.69 Å². The average molecular weight is 574 g/mol. The smallest absolute Gasteiger partial charge is 0.274 e. The Morgan fingerprint density at radius 3 is 2.71 bits per heavy atom. The summed E-state index contributed by atoms with van der Waals surface area (Å²) in [4.78, 5) is 27.5. The van der Waals surface area contributed by atoms with Gasteiger partial charge in [0.05, 0.1) is 12.4 Å². The number of hydrogen-bond donors (Lipinski definition) is 1. The molecule has 1 N–H and O–H groups in total. The Labute approximate surface area is 241 Å². The highest BCUT2D eigenvalue weighted by Crippen LogP contribution is 2.41. The molecule has 1 saturated heterocycles. The van der Waals surface area contributed by atoms with E-state index in [-0.39, 0.29) is 5.56 Å². The van der Waals surface area contributed by atoms with Crippen molar-refractivity contribution < 1.29 is 4.74 Å². The second-order valence-electron chi connectivity index (χ2n) is 11.0. The molecule has 12 heteroatoms. The minimum absolute atomic E-state index is 0.0632. The molecule has 6 heterocycles. The number of anilines is 2. The van der Waals surface area contributed by atoms with Gasteiger partial charge in [0.15, 0.2) is 17.1 Å². The molecule has 2 aliphatic rings. The molecule has 5 aromatic heterocycles. The van der Waals surface area contributed by atoms with Crippen LogP contribution in [0.2, 0.25) is 5.02 Å². The zero-order valence-corrected chi connectivity index (χ0v) is 23.9. The Bertz CT molecular complexity index is 1800. The first-order chi connectivity index (χ1) is 19.9. The number of rotatable bonds is 8. The van der Waals surface area contributed by atoms with Gasteiger partial charge in [0.1, 0.15) is 21.7 Å². The molecular weight excluding hydrogens is 542 g/mol. The molecule has 0 amide bonds. The molecule has 0 aromatic carbocycles. The minimum atomic E-state index is -0.0632. The normalized spacial score (nSPS) is 16.6. The SMILES string of the molecule is CN1CCN(CCn2cc(C3CC3)cc(Nc3nc4ncc(Oc5cnn6ccccc56)c(Cl)c4n3C)c2=O)CC1. The molecule has 0 radical (unpaired) electrons. The molecule has 0 bridgehead atoms. The van der Waals surface area contributed by atoms with Crippen LogP contribution in [0.1, 0.15) is 24.3 Å². The number of imidazole rings is 1. The highest BCUT2D eigenvalue weighted by atomic mass is 35.5. The number of aromatic nitrogens is 6. The molecule has 212 valence electrons. The number of hydrogen-bond acceptors (Lipinski definition) is 8. The van der Waals surface area contributed by atoms with Crippen molar-refractivity contribution in [2.75, 3.05) is 45.1 Å². The van der Waals surface area contributed by atoms with Crippen molar-refractivity contribution in [2.45, 2.75) is 25.3 Å². The first kappa shape index (κ1) is 26.0. The average Bonchev–Trinajstić information content (AvgIpc) is 3.68. The van der Waals surface area contributed by atoms with Gasteiger partial charge in [-0.05, 0) is 49.6 Å². The zero-order valence-electron chi connectivity index (χ0n) is 23.1. The molecule has 0 spiro atoms. The number of piperazine rings is 1. The van der Waals surface area contributed by atoms with Gasteiger partial charge in [-0.15, -0.1) is 0 Å². The number of pyridine rings is 3. The predicted molar refractivity (Wildman–Crippen MR) is 159 cm³/mol. The summed E-state index contributed by atoms with van der Waals surface area (Å²) in [5, 5.41) is 8.00. The number of fused-ring (bicyclic) bond motifs is 2. The van der Waals surface area contributed by atoms with Crippen molar-refractivity contribution in [2.24, 2.45) is 7.05 Å². The lowest BCUT2D eigenvalue weighted by Crippen LogP contribution is -2.45. The van der Waals surface area contributed by atoms with Gasteiger partial charge < -0.3 is 24.1 Å². The van der Waals surface area contributed by atoms with Gasteiger partial charge in [0, 0.05) is 58.7 Å². The van der Waals surface area contributed by atoms with Crippen LogP contribution in [0.5, 0.6) is 11.5 Å². The van der Waals surface area contributed by atoms with Crippen LogP contribution in [-0.4, -0.2) is 78.3 Å². The van der Waals surface area contributed by atoms with E-state index in [0.29, 0.717) is 51.8 Å². The second kappa shape index (κ2) is 10.5. The van der Waals surface area contributed by atoms with E-state index < -0.39 is 0 Å². The Morgan fingerprint density at radius 2 is 1.90 bits per heavy atom. The van der Waals surface area contributed by atoms with Crippen LogP contribution in [0.15, 0.2) is 53.8 Å². The molecule has 7 rings (SSSR count). The Balaban J connectivity index is 1.17. The summed E-state index contributed by atoms with van der Waals surface area (Å²) in [6.07, 6.45) is 9.40. The summed E-state index contributed by atoms with van der Waals surface area (Å²) in [6, 6.07) is 7.71. The first-order valence-electron chi connectivity index (χ1n) is 14.0. The highest BCUT2D eigenvalue weighted by Gasteiger charge is 2.26. The molecule has 1 saturated carbocycles. The highest BCUT2D eigenvalue weighted by molar-refractivity contribution is 6.36. The van der Waals surface area contributed by atoms with Gasteiger partial charge in [0.25, 0.3) is 5.56 Å². The van der Waals surface area contributed by atoms with Crippen LogP contribution >= 0.6 is 11.6 Å². The van der Waals surface area contributed by atoms with Crippen LogP contribution in [0, 0.1) is 0 Å². The van der Waals surface area contributed by atoms with Crippen molar-refractivity contribution in [1.82, 2.24) is 38.5 Å². The molecule has 0 atom stereocenters. The summed E-state index contributed by atoms with van der Waals surface area (Å²) in [5.41, 5.74) is 3.51. The molecular formula is C29H32ClN9O2. The topological polar surface area (TPSA) is 97.8 Å². The number of ether oxygens (including phenoxy) is 1. The lowest BCUT2D eigenvalue weighted by atomic mass is 10.1. The summed E-state index contributed by atoms with van der Waals surface area (Å²) in [7, 11) is 4.00. The van der Waals surface area contributed by atoms with Crippen molar-refractivity contribution in [3.05, 3.63) is 70.0 Å². The first-order valence-corrected chi connectivity index (χ1v) is 14.4. The standard InChI is InChI=1S/C29H32ClN9O2/c1-35-9-11-37(12-10-35)13-14-38-18-20(19-6-7-19)15-21(28(38)40)33-29-34-27-26(36(29)2)25(30)24(16-31-27)41-23-17-32-39-8-4-3-5-22(23)39/h3-5,8,15-19H,6-7,9-14H2,1-2H3,(H,31,33,34). The Hall–Kier alpha value is -3.93. The number of halogens is 1. The van der Waals surface area contributed by atoms with Crippen LogP contribution in [0.4, 0.5) is 11.6 Å². The van der Waals surface area contributed by atoms with Gasteiger partial charge in [-0.1, -0.05) is 17.7 Å². The van der Waals surface area contributed by atoms with E-state index in [0.717, 1.165) is 51.1 Å². The Kier molecular flexibility index (Phi) is 6.64. The number of aryl methyl sites for hydroxylation is 1. The third kappa shape index (κ3) is 5.05. The quantitative estimate of drug-likeness (QED) is 0.296. The minimum Gasteiger partial charge on any atom is -0.450 e. The van der Waals surface area contributed by atoms with Crippen LogP contribution in [0.25, 0.3) is 16.7 Å². The lowest BCUT2D eigenvalue weighted by Gasteiger charge is -2.32.